The summed E-state index contributed by atoms with van der Waals surface area (Å²) >= 11 is 0. The number of nitriles is 1. The first-order chi connectivity index (χ1) is 8.48. The molecule has 0 aromatic heterocycles. The van der Waals surface area contributed by atoms with Gasteiger partial charge in [0.2, 0.25) is 0 Å². The highest BCUT2D eigenvalue weighted by Crippen LogP contribution is 2.16. The van der Waals surface area contributed by atoms with Gasteiger partial charge < -0.3 is 5.32 Å². The van der Waals surface area contributed by atoms with Crippen molar-refractivity contribution in [3.63, 3.8) is 0 Å². The van der Waals surface area contributed by atoms with E-state index in [-0.39, 0.29) is 11.7 Å². The van der Waals surface area contributed by atoms with E-state index in [9.17, 15) is 9.18 Å². The van der Waals surface area contributed by atoms with Crippen LogP contribution in [0.1, 0.15) is 42.6 Å². The summed E-state index contributed by atoms with van der Waals surface area (Å²) in [5.74, 6) is -0.709. The Bertz CT molecular complexity index is 487. The smallest absolute Gasteiger partial charge is 0.252 e. The molecule has 0 atom stereocenters. The summed E-state index contributed by atoms with van der Waals surface area (Å²) in [6, 6.07) is 6.13. The monoisotopic (exact) mass is 248 g/mol. The Morgan fingerprint density at radius 2 is 2.06 bits per heavy atom. The summed E-state index contributed by atoms with van der Waals surface area (Å²) in [4.78, 5) is 12.1. The Morgan fingerprint density at radius 3 is 2.50 bits per heavy atom. The first-order valence-corrected chi connectivity index (χ1v) is 5.98. The van der Waals surface area contributed by atoms with E-state index < -0.39 is 5.54 Å². The Hall–Kier alpha value is -1.89. The molecule has 0 unspecified atom stereocenters. The number of nitrogens with one attached hydrogen (secondary N) is 1. The zero-order valence-corrected chi connectivity index (χ0v) is 10.9. The van der Waals surface area contributed by atoms with Gasteiger partial charge in [-0.25, -0.2) is 4.39 Å². The zero-order valence-electron chi connectivity index (χ0n) is 10.9. The fraction of sp³-hybridized carbons (Fsp3) is 0.429. The van der Waals surface area contributed by atoms with Gasteiger partial charge in [-0.05, 0) is 43.5 Å². The van der Waals surface area contributed by atoms with Gasteiger partial charge >= 0.3 is 0 Å². The van der Waals surface area contributed by atoms with E-state index in [0.29, 0.717) is 24.0 Å². The maximum Gasteiger partial charge on any atom is 0.252 e. The van der Waals surface area contributed by atoms with Crippen molar-refractivity contribution in [3.8, 4) is 6.07 Å². The number of hydrogen-bond acceptors (Lipinski definition) is 2. The van der Waals surface area contributed by atoms with E-state index in [1.165, 1.54) is 18.2 Å². The van der Waals surface area contributed by atoms with Crippen molar-refractivity contribution in [3.05, 3.63) is 35.1 Å². The van der Waals surface area contributed by atoms with E-state index in [0.717, 1.165) is 0 Å². The Kier molecular flexibility index (Phi) is 4.43. The Morgan fingerprint density at radius 1 is 1.44 bits per heavy atom. The average molecular weight is 248 g/mol. The van der Waals surface area contributed by atoms with E-state index in [1.807, 2.05) is 13.8 Å². The summed E-state index contributed by atoms with van der Waals surface area (Å²) in [6.07, 6.45) is 1.07. The lowest BCUT2D eigenvalue weighted by Gasteiger charge is -2.25. The molecule has 0 aliphatic carbocycles. The highest BCUT2D eigenvalue weighted by Gasteiger charge is 2.28. The molecule has 0 bridgehead atoms. The number of carbonyl (C=O) groups is 1. The van der Waals surface area contributed by atoms with Crippen molar-refractivity contribution >= 4 is 5.91 Å². The molecule has 1 amide bonds. The first kappa shape index (κ1) is 14.2. The zero-order chi connectivity index (χ0) is 13.8. The average Bonchev–Trinajstić information content (AvgIpc) is 2.36. The number of carbonyl (C=O) groups excluding carboxylic acids is 1. The lowest BCUT2D eigenvalue weighted by Crippen LogP contribution is -2.46. The van der Waals surface area contributed by atoms with Crippen molar-refractivity contribution in [2.24, 2.45) is 0 Å². The Labute approximate surface area is 107 Å². The first-order valence-electron chi connectivity index (χ1n) is 5.98. The van der Waals surface area contributed by atoms with Crippen LogP contribution in [0.2, 0.25) is 0 Å². The molecule has 0 fully saturated rings. The minimum absolute atomic E-state index is 0.335. The molecule has 0 saturated heterocycles. The van der Waals surface area contributed by atoms with Crippen LogP contribution in [0.15, 0.2) is 18.2 Å². The molecule has 1 rings (SSSR count). The number of halogens is 1. The summed E-state index contributed by atoms with van der Waals surface area (Å²) in [5.41, 5.74) is 0.113. The quantitative estimate of drug-likeness (QED) is 0.890. The van der Waals surface area contributed by atoms with Crippen LogP contribution < -0.4 is 5.32 Å². The number of amides is 1. The predicted molar refractivity (Wildman–Crippen MR) is 67.5 cm³/mol. The summed E-state index contributed by atoms with van der Waals surface area (Å²) in [7, 11) is 0. The summed E-state index contributed by atoms with van der Waals surface area (Å²) in [5, 5.41) is 11.9. The second-order valence-corrected chi connectivity index (χ2v) is 4.31. The molecule has 3 nitrogen and oxygen atoms in total. The van der Waals surface area contributed by atoms with Crippen LogP contribution in [0, 0.1) is 24.1 Å². The molecule has 4 heteroatoms. The van der Waals surface area contributed by atoms with Gasteiger partial charge in [-0.15, -0.1) is 0 Å². The number of rotatable bonds is 4. The fourth-order valence-corrected chi connectivity index (χ4v) is 1.78. The van der Waals surface area contributed by atoms with Gasteiger partial charge in [0, 0.05) is 5.56 Å². The number of hydrogen-bond donors (Lipinski definition) is 1. The minimum atomic E-state index is -0.849. The minimum Gasteiger partial charge on any atom is -0.334 e. The topological polar surface area (TPSA) is 52.9 Å². The largest absolute Gasteiger partial charge is 0.334 e. The van der Waals surface area contributed by atoms with Gasteiger partial charge in [0.25, 0.3) is 5.91 Å². The lowest BCUT2D eigenvalue weighted by atomic mass is 9.94. The lowest BCUT2D eigenvalue weighted by molar-refractivity contribution is 0.0915. The second kappa shape index (κ2) is 5.63. The maximum atomic E-state index is 13.0. The van der Waals surface area contributed by atoms with Gasteiger partial charge in [0.05, 0.1) is 6.07 Å². The normalized spacial score (nSPS) is 10.8. The van der Waals surface area contributed by atoms with Crippen LogP contribution in [0.3, 0.4) is 0 Å². The van der Waals surface area contributed by atoms with E-state index in [4.69, 9.17) is 5.26 Å². The molecular formula is C14H17FN2O. The molecule has 96 valence electrons. The van der Waals surface area contributed by atoms with Crippen LogP contribution in [-0.4, -0.2) is 11.4 Å². The third-order valence-corrected chi connectivity index (χ3v) is 3.21. The second-order valence-electron chi connectivity index (χ2n) is 4.31. The van der Waals surface area contributed by atoms with Gasteiger partial charge in [-0.2, -0.15) is 5.26 Å². The van der Waals surface area contributed by atoms with Gasteiger partial charge in [0.1, 0.15) is 11.4 Å². The third-order valence-electron chi connectivity index (χ3n) is 3.21. The van der Waals surface area contributed by atoms with Crippen molar-refractivity contribution in [1.82, 2.24) is 5.32 Å². The maximum absolute atomic E-state index is 13.0. The molecule has 0 aliphatic heterocycles. The van der Waals surface area contributed by atoms with E-state index in [2.05, 4.69) is 11.4 Å². The highest BCUT2D eigenvalue weighted by atomic mass is 19.1. The fourth-order valence-electron chi connectivity index (χ4n) is 1.78. The molecule has 0 spiro atoms. The van der Waals surface area contributed by atoms with E-state index >= 15 is 0 Å². The van der Waals surface area contributed by atoms with Crippen molar-refractivity contribution in [2.45, 2.75) is 39.2 Å². The molecule has 0 radical (unpaired) electrons. The van der Waals surface area contributed by atoms with Crippen LogP contribution in [0.4, 0.5) is 4.39 Å². The number of aryl methyl sites for hydroxylation is 1. The van der Waals surface area contributed by atoms with Crippen molar-refractivity contribution in [2.75, 3.05) is 0 Å². The number of nitrogens with zero attached hydrogens (tertiary/aromatic N) is 1. The summed E-state index contributed by atoms with van der Waals surface area (Å²) in [6.45, 7) is 5.37. The van der Waals surface area contributed by atoms with E-state index in [1.54, 1.807) is 6.92 Å². The standard InChI is InChI=1S/C14H17FN2O/c1-4-14(5-2,9-16)17-13(18)12-7-6-11(15)8-10(12)3/h6-8H,4-5H2,1-3H3,(H,17,18). The molecule has 18 heavy (non-hydrogen) atoms. The molecular weight excluding hydrogens is 231 g/mol. The molecule has 0 saturated carbocycles. The van der Waals surface area contributed by atoms with Crippen LogP contribution in [-0.2, 0) is 0 Å². The Balaban J connectivity index is 2.99. The molecule has 1 aromatic rings. The molecule has 0 aliphatic rings. The van der Waals surface area contributed by atoms with Crippen LogP contribution >= 0.6 is 0 Å². The van der Waals surface area contributed by atoms with Gasteiger partial charge in [0.15, 0.2) is 0 Å². The predicted octanol–water partition coefficient (Wildman–Crippen LogP) is 2.95. The highest BCUT2D eigenvalue weighted by molar-refractivity contribution is 5.96. The molecule has 0 heterocycles. The molecule has 1 N–H and O–H groups in total. The number of benzene rings is 1. The van der Waals surface area contributed by atoms with Gasteiger partial charge in [-0.1, -0.05) is 13.8 Å². The van der Waals surface area contributed by atoms with Crippen LogP contribution in [0.25, 0.3) is 0 Å². The molecule has 1 aromatic carbocycles. The summed E-state index contributed by atoms with van der Waals surface area (Å²) < 4.78 is 13.0. The van der Waals surface area contributed by atoms with Crippen LogP contribution in [0.5, 0.6) is 0 Å². The SMILES string of the molecule is CCC(C#N)(CC)NC(=O)c1ccc(F)cc1C. The van der Waals surface area contributed by atoms with Crippen molar-refractivity contribution < 1.29 is 9.18 Å². The van der Waals surface area contributed by atoms with Crippen molar-refractivity contribution in [1.29, 1.82) is 5.26 Å². The van der Waals surface area contributed by atoms with Gasteiger partial charge in [-0.3, -0.25) is 4.79 Å². The third kappa shape index (κ3) is 2.86.